The normalized spacial score (nSPS) is 9.58. The number of nitrogens with zero attached hydrogens (tertiary/aromatic N) is 1. The molecule has 0 spiro atoms. The molecule has 0 aliphatic rings. The van der Waals surface area contributed by atoms with Crippen LogP contribution in [0.3, 0.4) is 0 Å². The monoisotopic (exact) mass is 272 g/mol. The Hall–Kier alpha value is -2.16. The van der Waals surface area contributed by atoms with Gasteiger partial charge in [-0.1, -0.05) is 23.5 Å². The molecular formula is C14H12N2O2S. The van der Waals surface area contributed by atoms with E-state index < -0.39 is 0 Å². The van der Waals surface area contributed by atoms with Crippen LogP contribution in [0, 0.1) is 18.8 Å². The first-order chi connectivity index (χ1) is 9.20. The first kappa shape index (κ1) is 13.3. The van der Waals surface area contributed by atoms with Crippen LogP contribution in [0.2, 0.25) is 0 Å². The molecule has 5 heteroatoms. The summed E-state index contributed by atoms with van der Waals surface area (Å²) in [6, 6.07) is 5.42. The summed E-state index contributed by atoms with van der Waals surface area (Å²) in [5.41, 5.74) is 2.05. The van der Waals surface area contributed by atoms with Crippen molar-refractivity contribution in [3.63, 3.8) is 0 Å². The Morgan fingerprint density at radius 3 is 3.05 bits per heavy atom. The van der Waals surface area contributed by atoms with Crippen molar-refractivity contribution in [2.45, 2.75) is 6.92 Å². The Bertz CT molecular complexity index is 639. The van der Waals surface area contributed by atoms with Crippen LogP contribution in [-0.2, 0) is 0 Å². The largest absolute Gasteiger partial charge is 0.384 e. The molecule has 2 N–H and O–H groups in total. The molecule has 0 bridgehead atoms. The first-order valence-electron chi connectivity index (χ1n) is 5.62. The predicted molar refractivity (Wildman–Crippen MR) is 75.2 cm³/mol. The molecule has 0 radical (unpaired) electrons. The van der Waals surface area contributed by atoms with Crippen molar-refractivity contribution < 1.29 is 9.90 Å². The van der Waals surface area contributed by atoms with Crippen LogP contribution in [-0.4, -0.2) is 22.6 Å². The Balaban J connectivity index is 2.31. The van der Waals surface area contributed by atoms with Gasteiger partial charge >= 0.3 is 0 Å². The fourth-order valence-electron chi connectivity index (χ4n) is 1.54. The number of nitrogens with one attached hydrogen (secondary N) is 1. The van der Waals surface area contributed by atoms with Crippen LogP contribution in [0.15, 0.2) is 29.8 Å². The van der Waals surface area contributed by atoms with Crippen LogP contribution >= 0.6 is 11.3 Å². The third-order valence-electron chi connectivity index (χ3n) is 2.37. The number of carbonyl (C=O) groups is 1. The van der Waals surface area contributed by atoms with Crippen molar-refractivity contribution in [1.29, 1.82) is 0 Å². The van der Waals surface area contributed by atoms with Gasteiger partial charge in [0.2, 0.25) is 0 Å². The summed E-state index contributed by atoms with van der Waals surface area (Å²) in [6.07, 6.45) is 1.63. The summed E-state index contributed by atoms with van der Waals surface area (Å²) in [5.74, 6) is 5.07. The molecule has 1 aromatic heterocycles. The smallest absolute Gasteiger partial charge is 0.258 e. The molecule has 19 heavy (non-hydrogen) atoms. The minimum atomic E-state index is -0.249. The summed E-state index contributed by atoms with van der Waals surface area (Å²) in [6.45, 7) is 1.67. The second kappa shape index (κ2) is 6.14. The van der Waals surface area contributed by atoms with E-state index in [1.165, 1.54) is 11.3 Å². The number of amides is 1. The van der Waals surface area contributed by atoms with Crippen LogP contribution in [0.5, 0.6) is 0 Å². The van der Waals surface area contributed by atoms with Crippen molar-refractivity contribution in [3.05, 3.63) is 46.5 Å². The van der Waals surface area contributed by atoms with Gasteiger partial charge in [-0.25, -0.2) is 4.98 Å². The average Bonchev–Trinajstić information content (AvgIpc) is 2.90. The van der Waals surface area contributed by atoms with E-state index in [2.05, 4.69) is 22.1 Å². The van der Waals surface area contributed by atoms with E-state index in [-0.39, 0.29) is 12.5 Å². The van der Waals surface area contributed by atoms with Crippen molar-refractivity contribution in [1.82, 2.24) is 4.98 Å². The summed E-state index contributed by atoms with van der Waals surface area (Å²) >= 11 is 1.35. The van der Waals surface area contributed by atoms with Crippen LogP contribution < -0.4 is 5.32 Å². The number of aliphatic hydroxyl groups excluding tert-OH is 1. The zero-order chi connectivity index (χ0) is 13.7. The lowest BCUT2D eigenvalue weighted by atomic mass is 10.0. The topological polar surface area (TPSA) is 62.2 Å². The van der Waals surface area contributed by atoms with Gasteiger partial charge in [-0.3, -0.25) is 10.1 Å². The lowest BCUT2D eigenvalue weighted by molar-refractivity contribution is 0.102. The molecule has 0 unspecified atom stereocenters. The fourth-order valence-corrected chi connectivity index (χ4v) is 2.06. The summed E-state index contributed by atoms with van der Waals surface area (Å²) in [4.78, 5) is 16.2. The van der Waals surface area contributed by atoms with E-state index in [1.54, 1.807) is 23.7 Å². The van der Waals surface area contributed by atoms with Gasteiger partial charge in [0, 0.05) is 17.1 Å². The number of hydrogen-bond donors (Lipinski definition) is 2. The highest BCUT2D eigenvalue weighted by Gasteiger charge is 2.11. The van der Waals surface area contributed by atoms with E-state index in [0.717, 1.165) is 5.56 Å². The number of aromatic nitrogens is 1. The number of benzene rings is 1. The molecular weight excluding hydrogens is 260 g/mol. The SMILES string of the molecule is Cc1ccc(C#CCO)c(C(=O)Nc2nccs2)c1. The number of aliphatic hydroxyl groups is 1. The van der Waals surface area contributed by atoms with Gasteiger partial charge in [0.25, 0.3) is 5.91 Å². The zero-order valence-corrected chi connectivity index (χ0v) is 11.1. The Kier molecular flexibility index (Phi) is 4.29. The molecule has 0 fully saturated rings. The zero-order valence-electron chi connectivity index (χ0n) is 10.3. The van der Waals surface area contributed by atoms with Gasteiger partial charge in [-0.05, 0) is 19.1 Å². The molecule has 2 aromatic rings. The molecule has 0 atom stereocenters. The molecule has 0 aliphatic carbocycles. The maximum Gasteiger partial charge on any atom is 0.258 e. The Morgan fingerprint density at radius 2 is 2.37 bits per heavy atom. The highest BCUT2D eigenvalue weighted by molar-refractivity contribution is 7.13. The molecule has 2 rings (SSSR count). The molecule has 0 saturated carbocycles. The van der Waals surface area contributed by atoms with Crippen molar-refractivity contribution >= 4 is 22.4 Å². The second-order valence-corrected chi connectivity index (χ2v) is 4.69. The third kappa shape index (κ3) is 3.41. The standard InChI is InChI=1S/C14H12N2O2S/c1-10-4-5-11(3-2-7-17)12(9-10)13(18)16-14-15-6-8-19-14/h4-6,8-9,17H,7H2,1H3,(H,15,16,18). The number of hydrogen-bond acceptors (Lipinski definition) is 4. The lowest BCUT2D eigenvalue weighted by Gasteiger charge is -2.05. The summed E-state index contributed by atoms with van der Waals surface area (Å²) < 4.78 is 0. The third-order valence-corrected chi connectivity index (χ3v) is 3.06. The first-order valence-corrected chi connectivity index (χ1v) is 6.50. The van der Waals surface area contributed by atoms with Crippen molar-refractivity contribution in [2.75, 3.05) is 11.9 Å². The molecule has 0 aliphatic heterocycles. The van der Waals surface area contributed by atoms with Gasteiger partial charge in [0.15, 0.2) is 5.13 Å². The Morgan fingerprint density at radius 1 is 1.53 bits per heavy atom. The molecule has 1 heterocycles. The Labute approximate surface area is 115 Å². The van der Waals surface area contributed by atoms with Gasteiger partial charge in [0.05, 0.1) is 5.56 Å². The maximum absolute atomic E-state index is 12.2. The van der Waals surface area contributed by atoms with Crippen molar-refractivity contribution in [2.24, 2.45) is 0 Å². The highest BCUT2D eigenvalue weighted by atomic mass is 32.1. The number of anilines is 1. The molecule has 1 amide bonds. The molecule has 1 aromatic carbocycles. The predicted octanol–water partition coefficient (Wildman–Crippen LogP) is 2.05. The molecule has 4 nitrogen and oxygen atoms in total. The number of carbonyl (C=O) groups excluding carboxylic acids is 1. The summed E-state index contributed by atoms with van der Waals surface area (Å²) in [5, 5.41) is 13.8. The molecule has 96 valence electrons. The van der Waals surface area contributed by atoms with E-state index in [4.69, 9.17) is 5.11 Å². The van der Waals surface area contributed by atoms with Crippen LogP contribution in [0.25, 0.3) is 0 Å². The fraction of sp³-hybridized carbons (Fsp3) is 0.143. The van der Waals surface area contributed by atoms with Gasteiger partial charge in [0.1, 0.15) is 6.61 Å². The minimum absolute atomic E-state index is 0.235. The van der Waals surface area contributed by atoms with Crippen LogP contribution in [0.1, 0.15) is 21.5 Å². The number of thiazole rings is 1. The van der Waals surface area contributed by atoms with Crippen LogP contribution in [0.4, 0.5) is 5.13 Å². The number of rotatable bonds is 2. The summed E-state index contributed by atoms with van der Waals surface area (Å²) in [7, 11) is 0. The van der Waals surface area contributed by atoms with Crippen molar-refractivity contribution in [3.8, 4) is 11.8 Å². The van der Waals surface area contributed by atoms with E-state index in [0.29, 0.717) is 16.3 Å². The maximum atomic E-state index is 12.2. The van der Waals surface area contributed by atoms with E-state index in [1.807, 2.05) is 13.0 Å². The molecule has 0 saturated heterocycles. The van der Waals surface area contributed by atoms with Gasteiger partial charge < -0.3 is 5.11 Å². The lowest BCUT2D eigenvalue weighted by Crippen LogP contribution is -2.13. The van der Waals surface area contributed by atoms with E-state index >= 15 is 0 Å². The number of aryl methyl sites for hydroxylation is 1. The van der Waals surface area contributed by atoms with E-state index in [9.17, 15) is 4.79 Å². The second-order valence-electron chi connectivity index (χ2n) is 3.80. The minimum Gasteiger partial charge on any atom is -0.384 e. The van der Waals surface area contributed by atoms with Gasteiger partial charge in [-0.15, -0.1) is 11.3 Å². The average molecular weight is 272 g/mol. The van der Waals surface area contributed by atoms with Gasteiger partial charge in [-0.2, -0.15) is 0 Å². The highest BCUT2D eigenvalue weighted by Crippen LogP contribution is 2.15. The quantitative estimate of drug-likeness (QED) is 0.822.